The average Bonchev–Trinajstić information content (AvgIpc) is 2.34. The summed E-state index contributed by atoms with van der Waals surface area (Å²) in [6.45, 7) is 4.23. The van der Waals surface area contributed by atoms with Gasteiger partial charge < -0.3 is 14.8 Å². The molecule has 0 unspecified atom stereocenters. The molecule has 1 heterocycles. The summed E-state index contributed by atoms with van der Waals surface area (Å²) in [4.78, 5) is 4.13. The Kier molecular flexibility index (Phi) is 6.00. The van der Waals surface area contributed by atoms with Crippen LogP contribution < -0.4 is 5.32 Å². The molecule has 17 heavy (non-hydrogen) atoms. The van der Waals surface area contributed by atoms with Gasteiger partial charge in [0.1, 0.15) is 11.9 Å². The van der Waals surface area contributed by atoms with E-state index in [1.807, 2.05) is 13.0 Å². The zero-order valence-corrected chi connectivity index (χ0v) is 10.2. The minimum Gasteiger partial charge on any atom is -0.382 e. The van der Waals surface area contributed by atoms with Crippen LogP contribution in [0.1, 0.15) is 11.1 Å². The topological polar surface area (TPSA) is 67.2 Å². The average molecular weight is 235 g/mol. The summed E-state index contributed by atoms with van der Waals surface area (Å²) in [6.07, 6.45) is 1.68. The molecule has 5 nitrogen and oxygen atoms in total. The van der Waals surface area contributed by atoms with Gasteiger partial charge in [0.15, 0.2) is 0 Å². The van der Waals surface area contributed by atoms with Gasteiger partial charge in [0, 0.05) is 19.9 Å². The Morgan fingerprint density at radius 2 is 2.24 bits per heavy atom. The van der Waals surface area contributed by atoms with E-state index in [4.69, 9.17) is 14.7 Å². The molecular weight excluding hydrogens is 218 g/mol. The third-order valence-corrected chi connectivity index (χ3v) is 2.24. The largest absolute Gasteiger partial charge is 0.382 e. The number of aromatic nitrogens is 1. The lowest BCUT2D eigenvalue weighted by atomic mass is 10.1. The molecule has 1 aromatic heterocycles. The fraction of sp³-hybridized carbons (Fsp3) is 0.500. The van der Waals surface area contributed by atoms with Crippen molar-refractivity contribution in [3.05, 3.63) is 23.4 Å². The molecule has 1 aromatic rings. The molecule has 0 saturated heterocycles. The molecule has 0 aromatic carbocycles. The number of hydrogen-bond donors (Lipinski definition) is 1. The van der Waals surface area contributed by atoms with E-state index in [1.54, 1.807) is 13.3 Å². The molecule has 0 aliphatic heterocycles. The molecule has 0 saturated carbocycles. The second-order valence-corrected chi connectivity index (χ2v) is 3.50. The zero-order valence-electron chi connectivity index (χ0n) is 10.2. The first-order chi connectivity index (χ1) is 8.29. The van der Waals surface area contributed by atoms with Crippen molar-refractivity contribution in [2.24, 2.45) is 0 Å². The zero-order chi connectivity index (χ0) is 12.5. The summed E-state index contributed by atoms with van der Waals surface area (Å²) in [6, 6.07) is 3.96. The van der Waals surface area contributed by atoms with Gasteiger partial charge in [0.25, 0.3) is 0 Å². The number of ether oxygens (including phenoxy) is 2. The smallest absolute Gasteiger partial charge is 0.144 e. The third-order valence-electron chi connectivity index (χ3n) is 2.24. The quantitative estimate of drug-likeness (QED) is 0.722. The van der Waals surface area contributed by atoms with Gasteiger partial charge in [-0.1, -0.05) is 0 Å². The third kappa shape index (κ3) is 4.39. The molecule has 0 amide bonds. The fourth-order valence-electron chi connectivity index (χ4n) is 1.32. The maximum Gasteiger partial charge on any atom is 0.144 e. The minimum atomic E-state index is 0.559. The van der Waals surface area contributed by atoms with Crippen LogP contribution in [-0.2, 0) is 9.47 Å². The van der Waals surface area contributed by atoms with E-state index in [0.29, 0.717) is 37.7 Å². The van der Waals surface area contributed by atoms with Crippen LogP contribution in [0.2, 0.25) is 0 Å². The predicted octanol–water partition coefficient (Wildman–Crippen LogP) is 1.34. The van der Waals surface area contributed by atoms with Gasteiger partial charge in [-0.05, 0) is 18.6 Å². The fourth-order valence-corrected chi connectivity index (χ4v) is 1.32. The molecule has 0 radical (unpaired) electrons. The Bertz CT molecular complexity index is 388. The molecule has 0 spiro atoms. The van der Waals surface area contributed by atoms with E-state index in [-0.39, 0.29) is 0 Å². The van der Waals surface area contributed by atoms with E-state index < -0.39 is 0 Å². The Hall–Kier alpha value is -1.64. The van der Waals surface area contributed by atoms with E-state index in [0.717, 1.165) is 5.56 Å². The van der Waals surface area contributed by atoms with E-state index in [9.17, 15) is 0 Å². The molecule has 0 fully saturated rings. The number of nitrogens with zero attached hydrogens (tertiary/aromatic N) is 2. The van der Waals surface area contributed by atoms with Gasteiger partial charge in [-0.3, -0.25) is 0 Å². The number of rotatable bonds is 7. The van der Waals surface area contributed by atoms with Crippen LogP contribution in [0.4, 0.5) is 5.82 Å². The first kappa shape index (κ1) is 13.4. The van der Waals surface area contributed by atoms with E-state index in [2.05, 4.69) is 16.4 Å². The lowest BCUT2D eigenvalue weighted by molar-refractivity contribution is 0.0759. The predicted molar refractivity (Wildman–Crippen MR) is 64.9 cm³/mol. The summed E-state index contributed by atoms with van der Waals surface area (Å²) in [5.74, 6) is 0.614. The number of pyridine rings is 1. The molecule has 0 aliphatic rings. The van der Waals surface area contributed by atoms with Crippen molar-refractivity contribution < 1.29 is 9.47 Å². The molecule has 1 rings (SSSR count). The second-order valence-electron chi connectivity index (χ2n) is 3.50. The van der Waals surface area contributed by atoms with Gasteiger partial charge in [-0.15, -0.1) is 0 Å². The van der Waals surface area contributed by atoms with Crippen molar-refractivity contribution in [1.29, 1.82) is 5.26 Å². The normalized spacial score (nSPS) is 9.94. The minimum absolute atomic E-state index is 0.559. The summed E-state index contributed by atoms with van der Waals surface area (Å²) in [5, 5.41) is 12.1. The molecule has 0 atom stereocenters. The number of hydrogen-bond acceptors (Lipinski definition) is 5. The standard InChI is InChI=1S/C12H17N3O2/c1-10-3-4-14-12(11(10)9-13)15-5-6-17-8-7-16-2/h3-4H,5-8H2,1-2H3,(H,14,15). The molecular formula is C12H17N3O2. The van der Waals surface area contributed by atoms with Crippen molar-refractivity contribution in [3.63, 3.8) is 0 Å². The summed E-state index contributed by atoms with van der Waals surface area (Å²) in [5.41, 5.74) is 1.51. The molecule has 1 N–H and O–H groups in total. The highest BCUT2D eigenvalue weighted by molar-refractivity contribution is 5.55. The number of methoxy groups -OCH3 is 1. The van der Waals surface area contributed by atoms with Crippen LogP contribution in [0.5, 0.6) is 0 Å². The second kappa shape index (κ2) is 7.60. The first-order valence-electron chi connectivity index (χ1n) is 5.46. The summed E-state index contributed by atoms with van der Waals surface area (Å²) in [7, 11) is 1.64. The van der Waals surface area contributed by atoms with Gasteiger partial charge in [-0.2, -0.15) is 5.26 Å². The van der Waals surface area contributed by atoms with Crippen LogP contribution in [0, 0.1) is 18.3 Å². The van der Waals surface area contributed by atoms with Gasteiger partial charge in [-0.25, -0.2) is 4.98 Å². The van der Waals surface area contributed by atoms with Crippen LogP contribution in [0.25, 0.3) is 0 Å². The molecule has 0 aliphatic carbocycles. The first-order valence-corrected chi connectivity index (χ1v) is 5.46. The van der Waals surface area contributed by atoms with Crippen LogP contribution in [-0.4, -0.2) is 38.5 Å². The Morgan fingerprint density at radius 3 is 2.94 bits per heavy atom. The van der Waals surface area contributed by atoms with E-state index in [1.165, 1.54) is 0 Å². The monoisotopic (exact) mass is 235 g/mol. The lowest BCUT2D eigenvalue weighted by Crippen LogP contribution is -2.13. The Labute approximate surface area is 101 Å². The Morgan fingerprint density at radius 1 is 1.41 bits per heavy atom. The van der Waals surface area contributed by atoms with Crippen molar-refractivity contribution in [2.75, 3.05) is 38.8 Å². The SMILES string of the molecule is COCCOCCNc1nccc(C)c1C#N. The maximum atomic E-state index is 8.99. The Balaban J connectivity index is 2.37. The van der Waals surface area contributed by atoms with Crippen LogP contribution in [0.15, 0.2) is 12.3 Å². The highest BCUT2D eigenvalue weighted by atomic mass is 16.5. The van der Waals surface area contributed by atoms with Gasteiger partial charge in [0.2, 0.25) is 0 Å². The van der Waals surface area contributed by atoms with E-state index >= 15 is 0 Å². The van der Waals surface area contributed by atoms with Crippen molar-refractivity contribution in [1.82, 2.24) is 4.98 Å². The number of nitriles is 1. The maximum absolute atomic E-state index is 8.99. The van der Waals surface area contributed by atoms with Crippen LogP contribution >= 0.6 is 0 Å². The lowest BCUT2D eigenvalue weighted by Gasteiger charge is -2.08. The summed E-state index contributed by atoms with van der Waals surface area (Å²) >= 11 is 0. The van der Waals surface area contributed by atoms with Crippen molar-refractivity contribution in [3.8, 4) is 6.07 Å². The van der Waals surface area contributed by atoms with Crippen LogP contribution in [0.3, 0.4) is 0 Å². The van der Waals surface area contributed by atoms with Crippen molar-refractivity contribution >= 4 is 5.82 Å². The summed E-state index contributed by atoms with van der Waals surface area (Å²) < 4.78 is 10.2. The number of aryl methyl sites for hydroxylation is 1. The van der Waals surface area contributed by atoms with Gasteiger partial charge in [0.05, 0.1) is 25.4 Å². The number of anilines is 1. The van der Waals surface area contributed by atoms with Crippen molar-refractivity contribution in [2.45, 2.75) is 6.92 Å². The molecule has 5 heteroatoms. The molecule has 92 valence electrons. The highest BCUT2D eigenvalue weighted by Gasteiger charge is 2.04. The van der Waals surface area contributed by atoms with Gasteiger partial charge >= 0.3 is 0 Å². The highest BCUT2D eigenvalue weighted by Crippen LogP contribution is 2.14. The molecule has 0 bridgehead atoms. The number of nitrogens with one attached hydrogen (secondary N) is 1.